The zero-order valence-electron chi connectivity index (χ0n) is 30.4. The SMILES string of the molecule is c1ccc(-c2nc(-c3ccc4c(c3)oc3ccccc34)nc(-c3ccc4c(c3)c3ccccc3n4-c3cccc4oc5cccc(-c6ccccc6)c5c34)n2)cc1. The predicted octanol–water partition coefficient (Wildman–Crippen LogP) is 13.4. The van der Waals surface area contributed by atoms with Crippen molar-refractivity contribution in [1.82, 2.24) is 19.5 Å². The second-order valence-electron chi connectivity index (χ2n) is 14.4. The lowest BCUT2D eigenvalue weighted by Crippen LogP contribution is -2.00. The first kappa shape index (κ1) is 31.5. The van der Waals surface area contributed by atoms with Crippen LogP contribution < -0.4 is 0 Å². The summed E-state index contributed by atoms with van der Waals surface area (Å²) in [5.74, 6) is 1.78. The van der Waals surface area contributed by atoms with E-state index in [1.807, 2.05) is 54.6 Å². The van der Waals surface area contributed by atoms with E-state index in [0.717, 1.165) is 99.2 Å². The van der Waals surface area contributed by atoms with Gasteiger partial charge in [-0.3, -0.25) is 0 Å². The van der Waals surface area contributed by atoms with Crippen LogP contribution in [0.5, 0.6) is 0 Å². The van der Waals surface area contributed by atoms with Gasteiger partial charge >= 0.3 is 0 Å². The Morgan fingerprint density at radius 3 is 1.70 bits per heavy atom. The molecule has 0 saturated heterocycles. The van der Waals surface area contributed by atoms with Crippen LogP contribution >= 0.6 is 0 Å². The van der Waals surface area contributed by atoms with E-state index in [1.54, 1.807) is 0 Å². The van der Waals surface area contributed by atoms with Gasteiger partial charge in [0.05, 0.1) is 22.1 Å². The molecule has 8 aromatic carbocycles. The van der Waals surface area contributed by atoms with Crippen LogP contribution in [0.25, 0.3) is 117 Å². The van der Waals surface area contributed by atoms with Gasteiger partial charge in [0.2, 0.25) is 0 Å². The third kappa shape index (κ3) is 4.94. The lowest BCUT2D eigenvalue weighted by molar-refractivity contribution is 0.668. The molecule has 6 nitrogen and oxygen atoms in total. The standard InChI is InChI=1S/C51H30N4O2/c1-3-13-31(14-4-1)35-19-11-23-44-47(35)48-42(21-12-24-45(48)57-44)55-40-20-9-7-17-36(40)39-29-33(26-28-41(39)55)50-52-49(32-15-5-2-6-16-32)53-51(54-50)34-25-27-38-37-18-8-10-22-43(37)56-46(38)30-34/h1-30H. The van der Waals surface area contributed by atoms with Gasteiger partial charge in [-0.2, -0.15) is 0 Å². The first-order valence-electron chi connectivity index (χ1n) is 19.0. The molecule has 0 spiro atoms. The molecule has 0 N–H and O–H groups in total. The summed E-state index contributed by atoms with van der Waals surface area (Å²) < 4.78 is 15.2. The van der Waals surface area contributed by atoms with Crippen molar-refractivity contribution < 1.29 is 8.83 Å². The fourth-order valence-electron chi connectivity index (χ4n) is 8.48. The van der Waals surface area contributed by atoms with E-state index in [9.17, 15) is 0 Å². The molecule has 4 aromatic heterocycles. The summed E-state index contributed by atoms with van der Waals surface area (Å²) in [5.41, 5.74) is 11.6. The highest BCUT2D eigenvalue weighted by molar-refractivity contribution is 6.18. The van der Waals surface area contributed by atoms with Gasteiger partial charge in [0.1, 0.15) is 22.3 Å². The monoisotopic (exact) mass is 730 g/mol. The highest BCUT2D eigenvalue weighted by atomic mass is 16.3. The molecule has 0 aliphatic heterocycles. The molecular weight excluding hydrogens is 701 g/mol. The predicted molar refractivity (Wildman–Crippen MR) is 230 cm³/mol. The maximum Gasteiger partial charge on any atom is 0.164 e. The molecule has 266 valence electrons. The quantitative estimate of drug-likeness (QED) is 0.176. The minimum absolute atomic E-state index is 0.580. The zero-order chi connectivity index (χ0) is 37.5. The number of nitrogens with zero attached hydrogens (tertiary/aromatic N) is 4. The lowest BCUT2D eigenvalue weighted by Gasteiger charge is -2.11. The number of furan rings is 2. The topological polar surface area (TPSA) is 69.9 Å². The van der Waals surface area contributed by atoms with E-state index in [4.69, 9.17) is 23.8 Å². The van der Waals surface area contributed by atoms with Crippen LogP contribution in [-0.2, 0) is 0 Å². The van der Waals surface area contributed by atoms with E-state index in [0.29, 0.717) is 17.5 Å². The van der Waals surface area contributed by atoms with Gasteiger partial charge in [0, 0.05) is 43.6 Å². The molecule has 0 amide bonds. The molecule has 0 bridgehead atoms. The summed E-state index contributed by atoms with van der Waals surface area (Å²) in [7, 11) is 0. The molecule has 0 fully saturated rings. The van der Waals surface area contributed by atoms with Gasteiger partial charge in [-0.15, -0.1) is 0 Å². The molecule has 0 unspecified atom stereocenters. The number of benzene rings is 8. The van der Waals surface area contributed by atoms with Crippen molar-refractivity contribution in [3.05, 3.63) is 182 Å². The molecule has 6 heteroatoms. The van der Waals surface area contributed by atoms with Crippen LogP contribution in [0, 0.1) is 0 Å². The zero-order valence-corrected chi connectivity index (χ0v) is 30.4. The molecule has 0 radical (unpaired) electrons. The van der Waals surface area contributed by atoms with E-state index < -0.39 is 0 Å². The van der Waals surface area contributed by atoms with Crippen molar-refractivity contribution in [2.75, 3.05) is 0 Å². The Bertz CT molecular complexity index is 3530. The largest absolute Gasteiger partial charge is 0.456 e. The second-order valence-corrected chi connectivity index (χ2v) is 14.4. The molecule has 0 atom stereocenters. The van der Waals surface area contributed by atoms with E-state index in [1.165, 1.54) is 0 Å². The molecule has 57 heavy (non-hydrogen) atoms. The Morgan fingerprint density at radius 2 is 0.895 bits per heavy atom. The van der Waals surface area contributed by atoms with Crippen LogP contribution in [0.1, 0.15) is 0 Å². The molecule has 4 heterocycles. The van der Waals surface area contributed by atoms with Crippen molar-refractivity contribution in [1.29, 1.82) is 0 Å². The molecule has 12 aromatic rings. The van der Waals surface area contributed by atoms with Gasteiger partial charge in [-0.25, -0.2) is 15.0 Å². The second kappa shape index (κ2) is 12.3. The van der Waals surface area contributed by atoms with Crippen molar-refractivity contribution in [3.63, 3.8) is 0 Å². The Balaban J connectivity index is 1.07. The number of fused-ring (bicyclic) bond motifs is 9. The van der Waals surface area contributed by atoms with Crippen LogP contribution in [0.4, 0.5) is 0 Å². The van der Waals surface area contributed by atoms with Crippen molar-refractivity contribution in [3.8, 4) is 51.0 Å². The average Bonchev–Trinajstić information content (AvgIpc) is 3.96. The Labute approximate surface area is 325 Å². The Hall–Kier alpha value is -7.83. The van der Waals surface area contributed by atoms with Crippen molar-refractivity contribution in [2.45, 2.75) is 0 Å². The van der Waals surface area contributed by atoms with E-state index >= 15 is 0 Å². The Kier molecular flexibility index (Phi) is 6.83. The van der Waals surface area contributed by atoms with E-state index in [-0.39, 0.29) is 0 Å². The highest BCUT2D eigenvalue weighted by Gasteiger charge is 2.21. The highest BCUT2D eigenvalue weighted by Crippen LogP contribution is 2.43. The smallest absolute Gasteiger partial charge is 0.164 e. The lowest BCUT2D eigenvalue weighted by atomic mass is 9.99. The molecule has 0 saturated carbocycles. The fraction of sp³-hybridized carbons (Fsp3) is 0. The van der Waals surface area contributed by atoms with E-state index in [2.05, 4.69) is 132 Å². The molecular formula is C51H30N4O2. The minimum Gasteiger partial charge on any atom is -0.456 e. The Morgan fingerprint density at radius 1 is 0.333 bits per heavy atom. The van der Waals surface area contributed by atoms with Gasteiger partial charge in [-0.05, 0) is 71.8 Å². The first-order chi connectivity index (χ1) is 28.2. The summed E-state index contributed by atoms with van der Waals surface area (Å²) in [6.07, 6.45) is 0. The normalized spacial score (nSPS) is 11.9. The number of hydrogen-bond donors (Lipinski definition) is 0. The van der Waals surface area contributed by atoms with Gasteiger partial charge in [0.15, 0.2) is 17.5 Å². The van der Waals surface area contributed by atoms with Crippen LogP contribution in [0.3, 0.4) is 0 Å². The summed E-state index contributed by atoms with van der Waals surface area (Å²) in [4.78, 5) is 15.2. The summed E-state index contributed by atoms with van der Waals surface area (Å²) in [6.45, 7) is 0. The van der Waals surface area contributed by atoms with Gasteiger partial charge in [-0.1, -0.05) is 121 Å². The minimum atomic E-state index is 0.580. The number of hydrogen-bond acceptors (Lipinski definition) is 5. The van der Waals surface area contributed by atoms with Crippen LogP contribution in [0.15, 0.2) is 191 Å². The number of rotatable bonds is 5. The van der Waals surface area contributed by atoms with Gasteiger partial charge in [0.25, 0.3) is 0 Å². The van der Waals surface area contributed by atoms with Crippen molar-refractivity contribution >= 4 is 65.7 Å². The molecule has 0 aliphatic rings. The van der Waals surface area contributed by atoms with Crippen molar-refractivity contribution in [2.24, 2.45) is 0 Å². The maximum atomic E-state index is 6.55. The fourth-order valence-corrected chi connectivity index (χ4v) is 8.48. The summed E-state index contributed by atoms with van der Waals surface area (Å²) in [6, 6.07) is 62.7. The summed E-state index contributed by atoms with van der Waals surface area (Å²) in [5, 5.41) is 6.56. The summed E-state index contributed by atoms with van der Waals surface area (Å²) >= 11 is 0. The molecule has 12 rings (SSSR count). The van der Waals surface area contributed by atoms with Gasteiger partial charge < -0.3 is 13.4 Å². The number of aromatic nitrogens is 4. The number of para-hydroxylation sites is 2. The average molecular weight is 731 g/mol. The van der Waals surface area contributed by atoms with Crippen LogP contribution in [0.2, 0.25) is 0 Å². The third-order valence-electron chi connectivity index (χ3n) is 11.1. The maximum absolute atomic E-state index is 6.55. The molecule has 0 aliphatic carbocycles. The first-order valence-corrected chi connectivity index (χ1v) is 19.0. The van der Waals surface area contributed by atoms with Crippen LogP contribution in [-0.4, -0.2) is 19.5 Å². The third-order valence-corrected chi connectivity index (χ3v) is 11.1.